The lowest BCUT2D eigenvalue weighted by Gasteiger charge is -2.42. The Morgan fingerprint density at radius 1 is 0.607 bits per heavy atom. The van der Waals surface area contributed by atoms with Crippen LogP contribution >= 0.6 is 0 Å². The molecule has 0 aromatic heterocycles. The number of carbonyl (C=O) groups excluding carboxylic acids is 4. The van der Waals surface area contributed by atoms with Crippen LogP contribution in [0.15, 0.2) is 60.7 Å². The summed E-state index contributed by atoms with van der Waals surface area (Å²) in [6, 6.07) is 12.4. The summed E-state index contributed by atoms with van der Waals surface area (Å²) in [5.74, 6) is -8.81. The van der Waals surface area contributed by atoms with Crippen molar-refractivity contribution in [3.63, 3.8) is 0 Å². The molecule has 10 N–H and O–H groups in total. The Balaban J connectivity index is 0.00000364. The number of aliphatic hydroxyl groups is 2. The Morgan fingerprint density at radius 2 is 0.857 bits per heavy atom. The van der Waals surface area contributed by atoms with E-state index >= 15 is 0 Å². The quantitative estimate of drug-likeness (QED) is 0.318. The van der Waals surface area contributed by atoms with Gasteiger partial charge >= 0.3 is 0 Å². The van der Waals surface area contributed by atoms with Crippen LogP contribution < -0.4 is 22.5 Å². The van der Waals surface area contributed by atoms with Crippen LogP contribution in [0.1, 0.15) is 20.7 Å². The lowest BCUT2D eigenvalue weighted by atomic mass is 9.73. The van der Waals surface area contributed by atoms with Crippen molar-refractivity contribution < 1.29 is 39.6 Å². The molecule has 2 rings (SSSR count). The highest BCUT2D eigenvalue weighted by molar-refractivity contribution is 6.27. The predicted octanol–water partition coefficient (Wildman–Crippen LogP) is -1.53. The maximum atomic E-state index is 12.5. The Bertz CT molecular complexity index is 798. The number of quaternary nitrogens is 2. The highest BCUT2D eigenvalue weighted by Gasteiger charge is 2.62. The van der Waals surface area contributed by atoms with Gasteiger partial charge in [0.15, 0.2) is 0 Å². The van der Waals surface area contributed by atoms with Gasteiger partial charge in [-0.25, -0.2) is 0 Å². The maximum Gasteiger partial charge on any atom is 0.209 e. The highest BCUT2D eigenvalue weighted by atomic mass is 16.5. The third-order valence-corrected chi connectivity index (χ3v) is 3.84. The molecule has 0 fully saturated rings. The Morgan fingerprint density at radius 3 is 1.07 bits per heavy atom. The van der Waals surface area contributed by atoms with E-state index in [-0.39, 0.29) is 12.3 Å². The van der Waals surface area contributed by atoms with E-state index in [1.54, 1.807) is 0 Å². The first kappa shape index (κ1) is 24.6. The molecule has 0 bridgehead atoms. The van der Waals surface area contributed by atoms with E-state index in [0.29, 0.717) is 0 Å². The van der Waals surface area contributed by atoms with Crippen molar-refractivity contribution in [2.75, 3.05) is 0 Å². The molecule has 10 nitrogen and oxygen atoms in total. The molecule has 0 amide bonds. The largest absolute Gasteiger partial charge is 0.546 e. The van der Waals surface area contributed by atoms with E-state index in [4.69, 9.17) is 0 Å². The van der Waals surface area contributed by atoms with Crippen LogP contribution in [0.5, 0.6) is 0 Å². The number of carbonyl (C=O) groups is 4. The summed E-state index contributed by atoms with van der Waals surface area (Å²) < 4.78 is 0. The summed E-state index contributed by atoms with van der Waals surface area (Å²) in [6.07, 6.45) is 0. The SMILES string of the molecule is O=C([O-])C(O)(C(=O)c1ccccc1)C(O)(C(=O)[O-])C(=O)c1ccccc1.[NH4+].[NH4+]. The molecule has 2 aromatic carbocycles. The first-order valence-corrected chi connectivity index (χ1v) is 7.24. The molecule has 2 atom stereocenters. The number of aliphatic carboxylic acids is 2. The standard InChI is InChI=1S/C18H14O8.2H3N/c19-13(11-7-3-1-4-8-11)17(25,15(21)22)18(26,16(23)24)14(20)12-9-5-2-6-10-12;;/h1-10,25-26H,(H,21,22)(H,23,24);2*1H3. The van der Waals surface area contributed by atoms with Crippen molar-refractivity contribution in [3.8, 4) is 0 Å². The number of hydrogen-bond acceptors (Lipinski definition) is 8. The molecule has 0 aliphatic rings. The number of carboxylic acids is 2. The molecule has 0 heterocycles. The molecule has 0 radical (unpaired) electrons. The Labute approximate surface area is 159 Å². The number of carboxylic acid groups (broad SMARTS) is 2. The molecule has 28 heavy (non-hydrogen) atoms. The van der Waals surface area contributed by atoms with Crippen molar-refractivity contribution in [1.29, 1.82) is 0 Å². The van der Waals surface area contributed by atoms with Gasteiger partial charge in [-0.3, -0.25) is 9.59 Å². The van der Waals surface area contributed by atoms with E-state index in [1.165, 1.54) is 36.4 Å². The van der Waals surface area contributed by atoms with Gasteiger partial charge < -0.3 is 42.3 Å². The van der Waals surface area contributed by atoms with Crippen molar-refractivity contribution in [3.05, 3.63) is 71.8 Å². The van der Waals surface area contributed by atoms with Gasteiger partial charge in [0.05, 0.1) is 11.9 Å². The Hall–Kier alpha value is -3.44. The first-order valence-electron chi connectivity index (χ1n) is 7.24. The normalized spacial score (nSPS) is 14.2. The molecule has 10 heteroatoms. The molecule has 0 saturated heterocycles. The minimum atomic E-state index is -4.12. The molecule has 2 aromatic rings. The van der Waals surface area contributed by atoms with E-state index < -0.39 is 45.8 Å². The van der Waals surface area contributed by atoms with Crippen molar-refractivity contribution >= 4 is 23.5 Å². The zero-order valence-corrected chi connectivity index (χ0v) is 15.1. The molecule has 0 saturated carbocycles. The summed E-state index contributed by atoms with van der Waals surface area (Å²) in [5, 5.41) is 43.9. The van der Waals surface area contributed by atoms with Crippen LogP contribution in [-0.4, -0.2) is 44.9 Å². The van der Waals surface area contributed by atoms with Gasteiger partial charge in [0.25, 0.3) is 0 Å². The summed E-state index contributed by atoms with van der Waals surface area (Å²) in [7, 11) is 0. The average Bonchev–Trinajstić information content (AvgIpc) is 2.66. The average molecular weight is 392 g/mol. The van der Waals surface area contributed by atoms with Crippen LogP contribution in [0, 0.1) is 0 Å². The van der Waals surface area contributed by atoms with Gasteiger partial charge in [-0.1, -0.05) is 60.7 Å². The van der Waals surface area contributed by atoms with E-state index in [9.17, 15) is 39.6 Å². The summed E-state index contributed by atoms with van der Waals surface area (Å²) in [5.41, 5.74) is -9.17. The van der Waals surface area contributed by atoms with Gasteiger partial charge in [-0.2, -0.15) is 0 Å². The van der Waals surface area contributed by atoms with E-state index in [1.807, 2.05) is 0 Å². The summed E-state index contributed by atoms with van der Waals surface area (Å²) in [4.78, 5) is 48.1. The van der Waals surface area contributed by atoms with Crippen molar-refractivity contribution in [2.45, 2.75) is 11.2 Å². The minimum Gasteiger partial charge on any atom is -0.546 e. The van der Waals surface area contributed by atoms with Crippen LogP contribution in [0.4, 0.5) is 0 Å². The third-order valence-electron chi connectivity index (χ3n) is 3.84. The van der Waals surface area contributed by atoms with E-state index in [2.05, 4.69) is 0 Å². The fourth-order valence-electron chi connectivity index (χ4n) is 2.41. The van der Waals surface area contributed by atoms with Gasteiger partial charge in [0.1, 0.15) is 0 Å². The fraction of sp³-hybridized carbons (Fsp3) is 0.111. The smallest absolute Gasteiger partial charge is 0.209 e. The van der Waals surface area contributed by atoms with Gasteiger partial charge in [-0.05, 0) is 0 Å². The summed E-state index contributed by atoms with van der Waals surface area (Å²) >= 11 is 0. The maximum absolute atomic E-state index is 12.5. The number of hydrogen-bond donors (Lipinski definition) is 4. The summed E-state index contributed by atoms with van der Waals surface area (Å²) in [6.45, 7) is 0. The first-order chi connectivity index (χ1) is 12.2. The molecule has 2 unspecified atom stereocenters. The number of ketones is 2. The predicted molar refractivity (Wildman–Crippen MR) is 93.4 cm³/mol. The van der Waals surface area contributed by atoms with Crippen LogP contribution in [0.25, 0.3) is 0 Å². The molecule has 0 aliphatic carbocycles. The van der Waals surface area contributed by atoms with Gasteiger partial charge in [0, 0.05) is 11.1 Å². The second-order valence-corrected chi connectivity index (χ2v) is 5.39. The van der Waals surface area contributed by atoms with Gasteiger partial charge in [0.2, 0.25) is 22.8 Å². The molecular formula is C18H20N2O8. The van der Waals surface area contributed by atoms with Crippen LogP contribution in [0.2, 0.25) is 0 Å². The second-order valence-electron chi connectivity index (χ2n) is 5.39. The topological polar surface area (TPSA) is 228 Å². The number of benzene rings is 2. The monoisotopic (exact) mass is 392 g/mol. The lowest BCUT2D eigenvalue weighted by Crippen LogP contribution is -2.76. The zero-order chi connectivity index (χ0) is 19.5. The van der Waals surface area contributed by atoms with Crippen molar-refractivity contribution in [1.82, 2.24) is 12.3 Å². The van der Waals surface area contributed by atoms with E-state index in [0.717, 1.165) is 24.3 Å². The minimum absolute atomic E-state index is 0. The van der Waals surface area contributed by atoms with Gasteiger partial charge in [-0.15, -0.1) is 0 Å². The number of rotatable bonds is 7. The molecule has 0 aliphatic heterocycles. The lowest BCUT2D eigenvalue weighted by molar-refractivity contribution is -0.346. The van der Waals surface area contributed by atoms with Crippen LogP contribution in [0.3, 0.4) is 0 Å². The second kappa shape index (κ2) is 8.97. The number of Topliss-reactive ketones (excluding diaryl/α,β-unsaturated/α-hetero) is 2. The fourth-order valence-corrected chi connectivity index (χ4v) is 2.41. The molecule has 150 valence electrons. The zero-order valence-electron chi connectivity index (χ0n) is 15.1. The van der Waals surface area contributed by atoms with Crippen LogP contribution in [-0.2, 0) is 9.59 Å². The van der Waals surface area contributed by atoms with Crippen molar-refractivity contribution in [2.24, 2.45) is 0 Å². The Kier molecular flexibility index (Phi) is 7.87. The third kappa shape index (κ3) is 3.66. The highest BCUT2D eigenvalue weighted by Crippen LogP contribution is 2.30. The molecular weight excluding hydrogens is 372 g/mol. The molecule has 0 spiro atoms.